The SMILES string of the molecule is CC(=O)Nc1cccc(Nc2nccc(C(=O)N3CCCc4ccccc43)n2)c1. The summed E-state index contributed by atoms with van der Waals surface area (Å²) in [4.78, 5) is 34.7. The van der Waals surface area contributed by atoms with Gasteiger partial charge in [-0.1, -0.05) is 24.3 Å². The minimum Gasteiger partial charge on any atom is -0.326 e. The third-order valence-corrected chi connectivity index (χ3v) is 4.67. The van der Waals surface area contributed by atoms with Gasteiger partial charge in [0, 0.05) is 36.7 Å². The first-order valence-corrected chi connectivity index (χ1v) is 9.47. The van der Waals surface area contributed by atoms with Crippen molar-refractivity contribution in [2.75, 3.05) is 22.1 Å². The molecule has 0 radical (unpaired) electrons. The highest BCUT2D eigenvalue weighted by Gasteiger charge is 2.24. The fourth-order valence-corrected chi connectivity index (χ4v) is 3.43. The number of carbonyl (C=O) groups is 2. The first-order chi connectivity index (χ1) is 14.1. The molecule has 0 fully saturated rings. The van der Waals surface area contributed by atoms with Crippen LogP contribution in [0.3, 0.4) is 0 Å². The van der Waals surface area contributed by atoms with Crippen molar-refractivity contribution in [3.63, 3.8) is 0 Å². The Morgan fingerprint density at radius 3 is 2.72 bits per heavy atom. The molecule has 1 aliphatic rings. The van der Waals surface area contributed by atoms with Crippen molar-refractivity contribution in [2.24, 2.45) is 0 Å². The summed E-state index contributed by atoms with van der Waals surface area (Å²) in [5.41, 5.74) is 3.83. The maximum Gasteiger partial charge on any atom is 0.277 e. The Morgan fingerprint density at radius 1 is 1.03 bits per heavy atom. The summed E-state index contributed by atoms with van der Waals surface area (Å²) < 4.78 is 0. The van der Waals surface area contributed by atoms with Crippen molar-refractivity contribution >= 4 is 34.8 Å². The van der Waals surface area contributed by atoms with Crippen LogP contribution in [-0.2, 0) is 11.2 Å². The van der Waals surface area contributed by atoms with Gasteiger partial charge in [-0.15, -0.1) is 0 Å². The van der Waals surface area contributed by atoms with Crippen LogP contribution < -0.4 is 15.5 Å². The number of carbonyl (C=O) groups excluding carboxylic acids is 2. The lowest BCUT2D eigenvalue weighted by Gasteiger charge is -2.29. The van der Waals surface area contributed by atoms with E-state index >= 15 is 0 Å². The highest BCUT2D eigenvalue weighted by Crippen LogP contribution is 2.28. The molecule has 7 nitrogen and oxygen atoms in total. The molecule has 0 saturated heterocycles. The molecule has 1 aromatic heterocycles. The molecule has 4 rings (SSSR count). The van der Waals surface area contributed by atoms with Gasteiger partial charge in [0.25, 0.3) is 5.91 Å². The van der Waals surface area contributed by atoms with Gasteiger partial charge >= 0.3 is 0 Å². The van der Waals surface area contributed by atoms with E-state index in [2.05, 4.69) is 26.7 Å². The minimum atomic E-state index is -0.146. The van der Waals surface area contributed by atoms with E-state index in [4.69, 9.17) is 0 Å². The standard InChI is InChI=1S/C22H21N5O2/c1-15(28)24-17-8-4-9-18(14-17)25-22-23-12-11-19(26-22)21(29)27-13-5-7-16-6-2-3-10-20(16)27/h2-4,6,8-12,14H,5,7,13H2,1H3,(H,24,28)(H,23,25,26). The number of aryl methyl sites for hydroxylation is 1. The smallest absolute Gasteiger partial charge is 0.277 e. The number of fused-ring (bicyclic) bond motifs is 1. The Morgan fingerprint density at radius 2 is 1.86 bits per heavy atom. The third kappa shape index (κ3) is 4.24. The second-order valence-corrected chi connectivity index (χ2v) is 6.84. The summed E-state index contributed by atoms with van der Waals surface area (Å²) in [7, 11) is 0. The first kappa shape index (κ1) is 18.6. The number of nitrogens with zero attached hydrogens (tertiary/aromatic N) is 3. The largest absolute Gasteiger partial charge is 0.326 e. The van der Waals surface area contributed by atoms with Gasteiger partial charge in [-0.2, -0.15) is 0 Å². The summed E-state index contributed by atoms with van der Waals surface area (Å²) in [5.74, 6) is 0.0310. The van der Waals surface area contributed by atoms with Crippen LogP contribution in [0.5, 0.6) is 0 Å². The number of hydrogen-bond donors (Lipinski definition) is 2. The molecule has 146 valence electrons. The van der Waals surface area contributed by atoms with E-state index in [0.29, 0.717) is 29.6 Å². The number of hydrogen-bond acceptors (Lipinski definition) is 5. The Balaban J connectivity index is 1.55. The Hall–Kier alpha value is -3.74. The number of anilines is 4. The molecular formula is C22H21N5O2. The van der Waals surface area contributed by atoms with E-state index < -0.39 is 0 Å². The quantitative estimate of drug-likeness (QED) is 0.712. The Bertz CT molecular complexity index is 1070. The summed E-state index contributed by atoms with van der Waals surface area (Å²) in [6.45, 7) is 2.12. The van der Waals surface area contributed by atoms with E-state index in [1.807, 2.05) is 30.3 Å². The second kappa shape index (κ2) is 8.10. The van der Waals surface area contributed by atoms with Gasteiger partial charge in [0.05, 0.1) is 0 Å². The van der Waals surface area contributed by atoms with Crippen molar-refractivity contribution in [3.05, 3.63) is 72.1 Å². The number of aromatic nitrogens is 2. The molecule has 2 heterocycles. The fourth-order valence-electron chi connectivity index (χ4n) is 3.43. The normalized spacial score (nSPS) is 12.8. The summed E-state index contributed by atoms with van der Waals surface area (Å²) in [5, 5.41) is 5.82. The molecule has 29 heavy (non-hydrogen) atoms. The van der Waals surface area contributed by atoms with Crippen molar-refractivity contribution in [3.8, 4) is 0 Å². The zero-order valence-corrected chi connectivity index (χ0v) is 16.1. The number of benzene rings is 2. The van der Waals surface area contributed by atoms with Crippen LogP contribution in [0.4, 0.5) is 23.0 Å². The highest BCUT2D eigenvalue weighted by molar-refractivity contribution is 6.05. The van der Waals surface area contributed by atoms with Crippen LogP contribution in [0.2, 0.25) is 0 Å². The highest BCUT2D eigenvalue weighted by atomic mass is 16.2. The van der Waals surface area contributed by atoms with Gasteiger partial charge in [-0.05, 0) is 48.7 Å². The average molecular weight is 387 g/mol. The Labute approximate surface area is 168 Å². The lowest BCUT2D eigenvalue weighted by Crippen LogP contribution is -2.36. The zero-order valence-electron chi connectivity index (χ0n) is 16.1. The van der Waals surface area contributed by atoms with Gasteiger partial charge in [0.15, 0.2) is 0 Å². The molecule has 2 amide bonds. The molecule has 2 N–H and O–H groups in total. The van der Waals surface area contributed by atoms with Crippen LogP contribution in [0, 0.1) is 0 Å². The van der Waals surface area contributed by atoms with Gasteiger partial charge in [-0.25, -0.2) is 9.97 Å². The lowest BCUT2D eigenvalue weighted by atomic mass is 10.0. The molecule has 0 unspecified atom stereocenters. The number of amides is 2. The summed E-state index contributed by atoms with van der Waals surface area (Å²) in [6, 6.07) is 16.8. The number of rotatable bonds is 4. The topological polar surface area (TPSA) is 87.2 Å². The molecule has 0 bridgehead atoms. The van der Waals surface area contributed by atoms with Crippen LogP contribution in [0.1, 0.15) is 29.4 Å². The molecule has 0 atom stereocenters. The monoisotopic (exact) mass is 387 g/mol. The molecule has 0 aliphatic carbocycles. The molecule has 7 heteroatoms. The maximum atomic E-state index is 13.1. The third-order valence-electron chi connectivity index (χ3n) is 4.67. The maximum absolute atomic E-state index is 13.1. The molecule has 0 saturated carbocycles. The van der Waals surface area contributed by atoms with Gasteiger partial charge in [-0.3, -0.25) is 9.59 Å². The van der Waals surface area contributed by atoms with Gasteiger partial charge in [0.2, 0.25) is 11.9 Å². The van der Waals surface area contributed by atoms with Gasteiger partial charge < -0.3 is 15.5 Å². The zero-order chi connectivity index (χ0) is 20.2. The van der Waals surface area contributed by atoms with Gasteiger partial charge in [0.1, 0.15) is 5.69 Å². The van der Waals surface area contributed by atoms with E-state index in [-0.39, 0.29) is 11.8 Å². The van der Waals surface area contributed by atoms with Crippen molar-refractivity contribution in [1.82, 2.24) is 9.97 Å². The minimum absolute atomic E-state index is 0.144. The Kier molecular flexibility index (Phi) is 5.20. The average Bonchev–Trinajstić information content (AvgIpc) is 2.73. The fraction of sp³-hybridized carbons (Fsp3) is 0.182. The molecule has 0 spiro atoms. The van der Waals surface area contributed by atoms with Crippen LogP contribution in [0.15, 0.2) is 60.8 Å². The molecule has 1 aliphatic heterocycles. The first-order valence-electron chi connectivity index (χ1n) is 9.47. The van der Waals surface area contributed by atoms with Crippen molar-refractivity contribution < 1.29 is 9.59 Å². The lowest BCUT2D eigenvalue weighted by molar-refractivity contribution is -0.114. The van der Waals surface area contributed by atoms with Crippen LogP contribution in [0.25, 0.3) is 0 Å². The van der Waals surface area contributed by atoms with Crippen molar-refractivity contribution in [2.45, 2.75) is 19.8 Å². The van der Waals surface area contributed by atoms with Crippen LogP contribution in [-0.4, -0.2) is 28.3 Å². The number of para-hydroxylation sites is 1. The summed E-state index contributed by atoms with van der Waals surface area (Å²) in [6.07, 6.45) is 3.46. The van der Waals surface area contributed by atoms with E-state index in [0.717, 1.165) is 18.5 Å². The molecular weight excluding hydrogens is 366 g/mol. The van der Waals surface area contributed by atoms with Crippen molar-refractivity contribution in [1.29, 1.82) is 0 Å². The van der Waals surface area contributed by atoms with E-state index in [1.165, 1.54) is 12.5 Å². The molecule has 3 aromatic rings. The molecule has 2 aromatic carbocycles. The second-order valence-electron chi connectivity index (χ2n) is 6.84. The predicted molar refractivity (Wildman–Crippen MR) is 112 cm³/mol. The predicted octanol–water partition coefficient (Wildman–Crippen LogP) is 3.77. The number of nitrogens with one attached hydrogen (secondary N) is 2. The van der Waals surface area contributed by atoms with Crippen LogP contribution >= 0.6 is 0 Å². The van der Waals surface area contributed by atoms with E-state index in [1.54, 1.807) is 29.3 Å². The van der Waals surface area contributed by atoms with E-state index in [9.17, 15) is 9.59 Å². The summed E-state index contributed by atoms with van der Waals surface area (Å²) >= 11 is 0.